The van der Waals surface area contributed by atoms with Gasteiger partial charge in [-0.1, -0.05) is 19.9 Å². The molecule has 3 aromatic rings. The molecule has 0 aliphatic rings. The van der Waals surface area contributed by atoms with E-state index >= 15 is 0 Å². The molecule has 1 N–H and O–H groups in total. The van der Waals surface area contributed by atoms with Crippen molar-refractivity contribution in [3.63, 3.8) is 0 Å². The Balaban J connectivity index is 1.99. The Hall–Kier alpha value is -1.86. The van der Waals surface area contributed by atoms with Gasteiger partial charge in [0.05, 0.1) is 16.7 Å². The summed E-state index contributed by atoms with van der Waals surface area (Å²) in [6.07, 6.45) is 0. The fourth-order valence-corrected chi connectivity index (χ4v) is 4.46. The molecule has 1 aromatic carbocycles. The Morgan fingerprint density at radius 2 is 2.05 bits per heavy atom. The molecule has 7 heteroatoms. The van der Waals surface area contributed by atoms with E-state index in [4.69, 9.17) is 0 Å². The molecule has 0 radical (unpaired) electrons. The second-order valence-electron chi connectivity index (χ2n) is 5.42. The minimum atomic E-state index is -3.52. The number of fused-ring (bicyclic) bond motifs is 1. The Morgan fingerprint density at radius 3 is 2.68 bits per heavy atom. The quantitative estimate of drug-likeness (QED) is 0.793. The summed E-state index contributed by atoms with van der Waals surface area (Å²) in [5, 5.41) is 1.74. The van der Waals surface area contributed by atoms with Gasteiger partial charge in [-0.05, 0) is 29.6 Å². The average molecular weight is 335 g/mol. The molecule has 0 aliphatic heterocycles. The highest BCUT2D eigenvalue weighted by Gasteiger charge is 2.16. The molecule has 0 fully saturated rings. The zero-order valence-corrected chi connectivity index (χ0v) is 14.2. The molecule has 116 valence electrons. The van der Waals surface area contributed by atoms with Gasteiger partial charge in [0.1, 0.15) is 10.0 Å². The van der Waals surface area contributed by atoms with Crippen LogP contribution < -0.4 is 4.72 Å². The summed E-state index contributed by atoms with van der Waals surface area (Å²) in [6.45, 7) is 4.17. The van der Waals surface area contributed by atoms with Crippen LogP contribution >= 0.6 is 11.3 Å². The molecular weight excluding hydrogens is 318 g/mol. The Labute approximate surface area is 133 Å². The number of nitrogens with one attached hydrogen (secondary N) is 1. The molecule has 0 saturated heterocycles. The predicted molar refractivity (Wildman–Crippen MR) is 89.9 cm³/mol. The molecule has 0 saturated carbocycles. The van der Waals surface area contributed by atoms with E-state index in [0.29, 0.717) is 15.8 Å². The smallest absolute Gasteiger partial charge is 0.271 e. The molecule has 22 heavy (non-hydrogen) atoms. The molecule has 0 bridgehead atoms. The van der Waals surface area contributed by atoms with Crippen molar-refractivity contribution in [2.45, 2.75) is 24.0 Å². The summed E-state index contributed by atoms with van der Waals surface area (Å²) in [4.78, 5) is 4.60. The van der Waals surface area contributed by atoms with Crippen molar-refractivity contribution < 1.29 is 8.42 Å². The van der Waals surface area contributed by atoms with Gasteiger partial charge in [0.25, 0.3) is 10.0 Å². The largest absolute Gasteiger partial charge is 0.331 e. The minimum Gasteiger partial charge on any atom is -0.331 e. The molecule has 3 rings (SSSR count). The lowest BCUT2D eigenvalue weighted by atomic mass is 10.2. The SMILES string of the molecule is CC(C)c1nc2cc(NS(=O)(=O)c3cccs3)ccc2n1C. The van der Waals surface area contributed by atoms with E-state index in [1.165, 1.54) is 11.3 Å². The van der Waals surface area contributed by atoms with Gasteiger partial charge < -0.3 is 4.57 Å². The monoisotopic (exact) mass is 335 g/mol. The van der Waals surface area contributed by atoms with Crippen molar-refractivity contribution >= 4 is 38.1 Å². The molecule has 2 aromatic heterocycles. The van der Waals surface area contributed by atoms with E-state index in [-0.39, 0.29) is 0 Å². The lowest BCUT2D eigenvalue weighted by Crippen LogP contribution is -2.11. The minimum absolute atomic E-state index is 0.302. The Kier molecular flexibility index (Phi) is 3.70. The van der Waals surface area contributed by atoms with Gasteiger partial charge in [0, 0.05) is 13.0 Å². The number of hydrogen-bond donors (Lipinski definition) is 1. The third-order valence-corrected chi connectivity index (χ3v) is 6.22. The highest BCUT2D eigenvalue weighted by Crippen LogP contribution is 2.25. The van der Waals surface area contributed by atoms with Crippen LogP contribution in [0.4, 0.5) is 5.69 Å². The van der Waals surface area contributed by atoms with Crippen LogP contribution in [0.5, 0.6) is 0 Å². The van der Waals surface area contributed by atoms with E-state index in [0.717, 1.165) is 16.9 Å². The van der Waals surface area contributed by atoms with Crippen LogP contribution in [-0.4, -0.2) is 18.0 Å². The summed E-state index contributed by atoms with van der Waals surface area (Å²) >= 11 is 1.19. The summed E-state index contributed by atoms with van der Waals surface area (Å²) in [5.41, 5.74) is 2.30. The topological polar surface area (TPSA) is 64.0 Å². The van der Waals surface area contributed by atoms with Crippen molar-refractivity contribution in [1.29, 1.82) is 0 Å². The average Bonchev–Trinajstić information content (AvgIpc) is 3.07. The molecule has 0 aliphatic carbocycles. The highest BCUT2D eigenvalue weighted by atomic mass is 32.2. The van der Waals surface area contributed by atoms with Crippen LogP contribution in [0.3, 0.4) is 0 Å². The number of benzene rings is 1. The van der Waals surface area contributed by atoms with Crippen LogP contribution in [0.2, 0.25) is 0 Å². The number of rotatable bonds is 4. The van der Waals surface area contributed by atoms with Crippen LogP contribution in [0.1, 0.15) is 25.6 Å². The molecule has 0 unspecified atom stereocenters. The highest BCUT2D eigenvalue weighted by molar-refractivity contribution is 7.94. The number of aryl methyl sites for hydroxylation is 1. The first-order chi connectivity index (χ1) is 10.4. The number of thiophene rings is 1. The van der Waals surface area contributed by atoms with Crippen LogP contribution in [-0.2, 0) is 17.1 Å². The van der Waals surface area contributed by atoms with Crippen molar-refractivity contribution in [1.82, 2.24) is 9.55 Å². The maximum absolute atomic E-state index is 12.3. The number of hydrogen-bond acceptors (Lipinski definition) is 4. The van der Waals surface area contributed by atoms with Gasteiger partial charge in [-0.25, -0.2) is 13.4 Å². The maximum Gasteiger partial charge on any atom is 0.271 e. The number of anilines is 1. The van der Waals surface area contributed by atoms with Gasteiger partial charge in [-0.2, -0.15) is 0 Å². The second kappa shape index (κ2) is 5.40. The summed E-state index contributed by atoms with van der Waals surface area (Å²) in [7, 11) is -1.55. The van der Waals surface area contributed by atoms with Gasteiger partial charge in [0.15, 0.2) is 0 Å². The van der Waals surface area contributed by atoms with Gasteiger partial charge >= 0.3 is 0 Å². The van der Waals surface area contributed by atoms with Crippen LogP contribution in [0, 0.1) is 0 Å². The summed E-state index contributed by atoms with van der Waals surface area (Å²) < 4.78 is 29.5. The third kappa shape index (κ3) is 2.62. The third-order valence-electron chi connectivity index (χ3n) is 3.44. The predicted octanol–water partition coefficient (Wildman–Crippen LogP) is 3.56. The first kappa shape index (κ1) is 15.1. The lowest BCUT2D eigenvalue weighted by Gasteiger charge is -2.06. The van der Waals surface area contributed by atoms with Gasteiger partial charge in [-0.3, -0.25) is 4.72 Å². The Morgan fingerprint density at radius 1 is 1.27 bits per heavy atom. The molecule has 2 heterocycles. The molecule has 0 amide bonds. The first-order valence-electron chi connectivity index (χ1n) is 6.91. The van der Waals surface area contributed by atoms with Crippen molar-refractivity contribution in [2.24, 2.45) is 7.05 Å². The van der Waals surface area contributed by atoms with Crippen molar-refractivity contribution in [3.05, 3.63) is 41.5 Å². The molecule has 0 atom stereocenters. The zero-order valence-electron chi connectivity index (χ0n) is 12.6. The van der Waals surface area contributed by atoms with E-state index in [9.17, 15) is 8.42 Å². The Bertz CT molecular complexity index is 910. The van der Waals surface area contributed by atoms with Gasteiger partial charge in [-0.15, -0.1) is 11.3 Å². The standard InChI is InChI=1S/C15H17N3O2S2/c1-10(2)15-16-12-9-11(6-7-13(12)18(15)3)17-22(19,20)14-5-4-8-21-14/h4-10,17H,1-3H3. The van der Waals surface area contributed by atoms with Crippen LogP contribution in [0.15, 0.2) is 39.9 Å². The lowest BCUT2D eigenvalue weighted by molar-refractivity contribution is 0.603. The van der Waals surface area contributed by atoms with E-state index < -0.39 is 10.0 Å². The molecule has 5 nitrogen and oxygen atoms in total. The van der Waals surface area contributed by atoms with Crippen LogP contribution in [0.25, 0.3) is 11.0 Å². The maximum atomic E-state index is 12.3. The van der Waals surface area contributed by atoms with E-state index in [1.807, 2.05) is 17.7 Å². The summed E-state index contributed by atoms with van der Waals surface area (Å²) in [5.74, 6) is 1.29. The molecular formula is C15H17N3O2S2. The van der Waals surface area contributed by atoms with Gasteiger partial charge in [0.2, 0.25) is 0 Å². The fraction of sp³-hybridized carbons (Fsp3) is 0.267. The zero-order chi connectivity index (χ0) is 15.9. The first-order valence-corrected chi connectivity index (χ1v) is 9.27. The van der Waals surface area contributed by atoms with E-state index in [2.05, 4.69) is 23.6 Å². The number of imidazole rings is 1. The summed E-state index contributed by atoms with van der Waals surface area (Å²) in [6, 6.07) is 8.73. The number of nitrogens with zero attached hydrogens (tertiary/aromatic N) is 2. The van der Waals surface area contributed by atoms with E-state index in [1.54, 1.807) is 29.6 Å². The molecule has 0 spiro atoms. The second-order valence-corrected chi connectivity index (χ2v) is 8.28. The van der Waals surface area contributed by atoms with Crippen molar-refractivity contribution in [2.75, 3.05) is 4.72 Å². The normalized spacial score (nSPS) is 12.2. The number of aromatic nitrogens is 2. The van der Waals surface area contributed by atoms with Crippen molar-refractivity contribution in [3.8, 4) is 0 Å². The number of sulfonamides is 1. The fourth-order valence-electron chi connectivity index (χ4n) is 2.42.